The van der Waals surface area contributed by atoms with Gasteiger partial charge in [0.15, 0.2) is 6.17 Å². The summed E-state index contributed by atoms with van der Waals surface area (Å²) in [6.07, 6.45) is -6.34. The summed E-state index contributed by atoms with van der Waals surface area (Å²) in [7, 11) is 0. The molecule has 0 heterocycles. The average molecular weight is 187 g/mol. The molecule has 1 unspecified atom stereocenters. The summed E-state index contributed by atoms with van der Waals surface area (Å²) in [5, 5.41) is 0. The Hall–Kier alpha value is -0.320. The van der Waals surface area contributed by atoms with Crippen LogP contribution in [-0.4, -0.2) is 18.9 Å². The van der Waals surface area contributed by atoms with Crippen LogP contribution in [0.3, 0.4) is 0 Å². The number of hydrogen-bond donors (Lipinski definition) is 1. The number of nitrogens with two attached hydrogens (primary N) is 1. The molecule has 0 aliphatic rings. The molecule has 0 amide bonds. The Morgan fingerprint density at radius 1 is 1.08 bits per heavy atom. The molecule has 0 saturated carbocycles. The van der Waals surface area contributed by atoms with E-state index in [4.69, 9.17) is 5.73 Å². The fourth-order valence-corrected chi connectivity index (χ4v) is 0.808. The lowest BCUT2D eigenvalue weighted by molar-refractivity contribution is -0.182. The summed E-state index contributed by atoms with van der Waals surface area (Å²) < 4.78 is 46.9. The van der Waals surface area contributed by atoms with E-state index in [9.17, 15) is 17.6 Å². The highest BCUT2D eigenvalue weighted by Gasteiger charge is 2.39. The standard InChI is InChI=1S/C7H13F4N/c8-6(7(9,10)11)4-2-1-3-5-12/h6H,1-5,12H2. The van der Waals surface area contributed by atoms with Crippen molar-refractivity contribution in [2.45, 2.75) is 38.0 Å². The minimum atomic E-state index is -4.69. The van der Waals surface area contributed by atoms with Crippen LogP contribution in [0.4, 0.5) is 17.6 Å². The maximum absolute atomic E-state index is 12.2. The quantitative estimate of drug-likeness (QED) is 0.519. The zero-order valence-electron chi connectivity index (χ0n) is 6.70. The van der Waals surface area contributed by atoms with Crippen LogP contribution in [0.2, 0.25) is 0 Å². The van der Waals surface area contributed by atoms with Gasteiger partial charge in [-0.25, -0.2) is 4.39 Å². The summed E-state index contributed by atoms with van der Waals surface area (Å²) in [6.45, 7) is 0.447. The van der Waals surface area contributed by atoms with E-state index in [2.05, 4.69) is 0 Å². The number of rotatable bonds is 5. The van der Waals surface area contributed by atoms with Crippen LogP contribution in [0.25, 0.3) is 0 Å². The van der Waals surface area contributed by atoms with Crippen molar-refractivity contribution in [3.63, 3.8) is 0 Å². The third-order valence-electron chi connectivity index (χ3n) is 1.52. The molecule has 0 radical (unpaired) electrons. The summed E-state index contributed by atoms with van der Waals surface area (Å²) in [5.41, 5.74) is 5.12. The molecule has 0 saturated heterocycles. The second-order valence-corrected chi connectivity index (χ2v) is 2.65. The van der Waals surface area contributed by atoms with Crippen molar-refractivity contribution in [1.82, 2.24) is 0 Å². The Balaban J connectivity index is 3.38. The molecule has 74 valence electrons. The maximum Gasteiger partial charge on any atom is 0.419 e. The minimum Gasteiger partial charge on any atom is -0.330 e. The average Bonchev–Trinajstić information content (AvgIpc) is 1.96. The van der Waals surface area contributed by atoms with E-state index in [0.717, 1.165) is 0 Å². The third-order valence-corrected chi connectivity index (χ3v) is 1.52. The first-order chi connectivity index (χ1) is 5.48. The van der Waals surface area contributed by atoms with Gasteiger partial charge in [0.25, 0.3) is 0 Å². The molecule has 0 spiro atoms. The molecule has 0 fully saturated rings. The minimum absolute atomic E-state index is 0.248. The SMILES string of the molecule is NCCCCCC(F)C(F)(F)F. The predicted molar refractivity (Wildman–Crippen MR) is 38.5 cm³/mol. The van der Waals surface area contributed by atoms with Crippen molar-refractivity contribution in [2.75, 3.05) is 6.54 Å². The van der Waals surface area contributed by atoms with Crippen LogP contribution in [0, 0.1) is 0 Å². The van der Waals surface area contributed by atoms with E-state index in [1.165, 1.54) is 0 Å². The molecule has 2 N–H and O–H groups in total. The van der Waals surface area contributed by atoms with Gasteiger partial charge >= 0.3 is 6.18 Å². The van der Waals surface area contributed by atoms with Crippen LogP contribution in [-0.2, 0) is 0 Å². The van der Waals surface area contributed by atoms with Crippen molar-refractivity contribution in [1.29, 1.82) is 0 Å². The molecular weight excluding hydrogens is 174 g/mol. The molecule has 5 heteroatoms. The molecule has 1 nitrogen and oxygen atoms in total. The molecule has 0 aromatic carbocycles. The highest BCUT2D eigenvalue weighted by Crippen LogP contribution is 2.26. The van der Waals surface area contributed by atoms with Crippen molar-refractivity contribution in [3.05, 3.63) is 0 Å². The maximum atomic E-state index is 12.2. The van der Waals surface area contributed by atoms with Gasteiger partial charge in [0.05, 0.1) is 0 Å². The first kappa shape index (κ1) is 11.7. The Bertz CT molecular complexity index is 112. The number of unbranched alkanes of at least 4 members (excludes halogenated alkanes) is 2. The van der Waals surface area contributed by atoms with Crippen LogP contribution in [0.5, 0.6) is 0 Å². The second-order valence-electron chi connectivity index (χ2n) is 2.65. The Morgan fingerprint density at radius 2 is 1.67 bits per heavy atom. The van der Waals surface area contributed by atoms with Crippen molar-refractivity contribution >= 4 is 0 Å². The van der Waals surface area contributed by atoms with Gasteiger partial charge in [-0.2, -0.15) is 13.2 Å². The van der Waals surface area contributed by atoms with Crippen molar-refractivity contribution in [2.24, 2.45) is 5.73 Å². The molecule has 0 rings (SSSR count). The second kappa shape index (κ2) is 5.35. The first-order valence-corrected chi connectivity index (χ1v) is 3.89. The normalized spacial score (nSPS) is 14.8. The van der Waals surface area contributed by atoms with E-state index in [-0.39, 0.29) is 6.42 Å². The van der Waals surface area contributed by atoms with Crippen LogP contribution in [0.1, 0.15) is 25.7 Å². The number of alkyl halides is 4. The molecule has 0 aromatic heterocycles. The summed E-state index contributed by atoms with van der Waals surface area (Å²) in [5.74, 6) is 0. The van der Waals surface area contributed by atoms with E-state index < -0.39 is 18.8 Å². The lowest BCUT2D eigenvalue weighted by atomic mass is 10.1. The lowest BCUT2D eigenvalue weighted by Crippen LogP contribution is -2.24. The van der Waals surface area contributed by atoms with Gasteiger partial charge in [0.2, 0.25) is 0 Å². The largest absolute Gasteiger partial charge is 0.419 e. The fraction of sp³-hybridized carbons (Fsp3) is 1.00. The van der Waals surface area contributed by atoms with E-state index in [1.54, 1.807) is 0 Å². The van der Waals surface area contributed by atoms with Gasteiger partial charge in [0, 0.05) is 0 Å². The van der Waals surface area contributed by atoms with E-state index in [0.29, 0.717) is 19.4 Å². The Morgan fingerprint density at radius 3 is 2.08 bits per heavy atom. The monoisotopic (exact) mass is 187 g/mol. The fourth-order valence-electron chi connectivity index (χ4n) is 0.808. The zero-order valence-corrected chi connectivity index (χ0v) is 6.70. The summed E-state index contributed by atoms with van der Waals surface area (Å²) in [6, 6.07) is 0. The van der Waals surface area contributed by atoms with Gasteiger partial charge in [-0.05, 0) is 19.4 Å². The summed E-state index contributed by atoms with van der Waals surface area (Å²) >= 11 is 0. The van der Waals surface area contributed by atoms with Gasteiger partial charge in [-0.3, -0.25) is 0 Å². The van der Waals surface area contributed by atoms with Gasteiger partial charge < -0.3 is 5.73 Å². The smallest absolute Gasteiger partial charge is 0.330 e. The predicted octanol–water partition coefficient (Wildman–Crippen LogP) is 2.41. The van der Waals surface area contributed by atoms with Gasteiger partial charge in [-0.1, -0.05) is 12.8 Å². The molecule has 0 aliphatic carbocycles. The topological polar surface area (TPSA) is 26.0 Å². The molecule has 0 aliphatic heterocycles. The highest BCUT2D eigenvalue weighted by atomic mass is 19.4. The van der Waals surface area contributed by atoms with Crippen LogP contribution in [0.15, 0.2) is 0 Å². The molecule has 12 heavy (non-hydrogen) atoms. The van der Waals surface area contributed by atoms with E-state index in [1.807, 2.05) is 0 Å². The van der Waals surface area contributed by atoms with Gasteiger partial charge in [-0.15, -0.1) is 0 Å². The van der Waals surface area contributed by atoms with Gasteiger partial charge in [0.1, 0.15) is 0 Å². The number of halogens is 4. The highest BCUT2D eigenvalue weighted by molar-refractivity contribution is 4.65. The third kappa shape index (κ3) is 5.35. The van der Waals surface area contributed by atoms with Crippen LogP contribution < -0.4 is 5.73 Å². The number of hydrogen-bond acceptors (Lipinski definition) is 1. The molecular formula is C7H13F4N. The molecule has 0 bridgehead atoms. The molecule has 0 aromatic rings. The molecule has 1 atom stereocenters. The van der Waals surface area contributed by atoms with E-state index >= 15 is 0 Å². The lowest BCUT2D eigenvalue weighted by Gasteiger charge is -2.11. The first-order valence-electron chi connectivity index (χ1n) is 3.89. The van der Waals surface area contributed by atoms with Crippen molar-refractivity contribution in [3.8, 4) is 0 Å². The zero-order chi connectivity index (χ0) is 9.61. The van der Waals surface area contributed by atoms with Crippen molar-refractivity contribution < 1.29 is 17.6 Å². The summed E-state index contributed by atoms with van der Waals surface area (Å²) in [4.78, 5) is 0. The Labute approximate surface area is 68.9 Å². The Kier molecular flexibility index (Phi) is 5.20. The van der Waals surface area contributed by atoms with Crippen LogP contribution >= 0.6 is 0 Å².